The van der Waals surface area contributed by atoms with Crippen molar-refractivity contribution < 1.29 is 19.4 Å². The molecule has 3 aromatic heterocycles. The second-order valence-electron chi connectivity index (χ2n) is 7.86. The Bertz CT molecular complexity index is 1420. The van der Waals surface area contributed by atoms with Crippen molar-refractivity contribution >= 4 is 34.4 Å². The quantitative estimate of drug-likeness (QED) is 0.348. The van der Waals surface area contributed by atoms with E-state index < -0.39 is 18.1 Å². The van der Waals surface area contributed by atoms with Crippen molar-refractivity contribution in [1.82, 2.24) is 24.7 Å². The second kappa shape index (κ2) is 11.1. The topological polar surface area (TPSA) is 148 Å². The maximum absolute atomic E-state index is 13.1. The third kappa shape index (κ3) is 5.41. The number of aliphatic hydroxyl groups is 1. The fraction of sp³-hybridized carbons (Fsp3) is 0.250. The zero-order chi connectivity index (χ0) is 25.7. The molecule has 11 nitrogen and oxygen atoms in total. The van der Waals surface area contributed by atoms with Crippen LogP contribution in [0.4, 0.5) is 5.82 Å². The number of carbonyl (C=O) groups excluding carboxylic acids is 1. The molecule has 184 valence electrons. The Labute approximate surface area is 211 Å². The number of pyridine rings is 1. The van der Waals surface area contributed by atoms with Gasteiger partial charge in [0.25, 0.3) is 5.91 Å². The molecule has 0 aliphatic rings. The minimum Gasteiger partial charge on any atom is -0.461 e. The van der Waals surface area contributed by atoms with E-state index in [2.05, 4.69) is 31.4 Å². The third-order valence-corrected chi connectivity index (χ3v) is 5.45. The zero-order valence-corrected chi connectivity index (χ0v) is 20.2. The molecule has 0 aliphatic carbocycles. The van der Waals surface area contributed by atoms with Crippen molar-refractivity contribution in [3.8, 4) is 17.6 Å². The highest BCUT2D eigenvalue weighted by Gasteiger charge is 2.25. The normalized spacial score (nSPS) is 12.6. The van der Waals surface area contributed by atoms with Gasteiger partial charge < -0.3 is 19.9 Å². The Morgan fingerprint density at radius 1 is 1.25 bits per heavy atom. The average molecular weight is 508 g/mol. The van der Waals surface area contributed by atoms with Gasteiger partial charge in [0.2, 0.25) is 12.0 Å². The second-order valence-corrected chi connectivity index (χ2v) is 8.27. The number of anilines is 1. The van der Waals surface area contributed by atoms with Gasteiger partial charge in [-0.3, -0.25) is 4.79 Å². The molecule has 4 rings (SSSR count). The Balaban J connectivity index is 1.66. The Hall–Kier alpha value is -4.11. The van der Waals surface area contributed by atoms with Gasteiger partial charge in [-0.15, -0.1) is 0 Å². The van der Waals surface area contributed by atoms with Gasteiger partial charge in [-0.05, 0) is 37.6 Å². The van der Waals surface area contributed by atoms with E-state index in [0.717, 1.165) is 5.56 Å². The van der Waals surface area contributed by atoms with Gasteiger partial charge in [-0.2, -0.15) is 10.4 Å². The minimum absolute atomic E-state index is 0.0779. The molecule has 0 radical (unpaired) electrons. The highest BCUT2D eigenvalue weighted by molar-refractivity contribution is 6.32. The van der Waals surface area contributed by atoms with Crippen LogP contribution in [0.2, 0.25) is 5.02 Å². The molecule has 2 N–H and O–H groups in total. The van der Waals surface area contributed by atoms with Crippen LogP contribution in [-0.4, -0.2) is 61.2 Å². The minimum atomic E-state index is -1.14. The summed E-state index contributed by atoms with van der Waals surface area (Å²) >= 11 is 6.35. The van der Waals surface area contributed by atoms with Gasteiger partial charge in [-0.1, -0.05) is 23.7 Å². The molecule has 1 aromatic carbocycles. The fourth-order valence-corrected chi connectivity index (χ4v) is 3.51. The molecule has 0 saturated heterocycles. The molecule has 0 bridgehead atoms. The zero-order valence-electron chi connectivity index (χ0n) is 19.4. The third-order valence-electron chi connectivity index (χ3n) is 5.15. The van der Waals surface area contributed by atoms with E-state index >= 15 is 0 Å². The molecular formula is C24H22ClN7O4. The number of nitrogens with zero attached hydrogens (tertiary/aromatic N) is 6. The van der Waals surface area contributed by atoms with Crippen LogP contribution in [0.5, 0.6) is 5.88 Å². The number of hydrogen-bond acceptors (Lipinski definition) is 9. The maximum atomic E-state index is 13.1. The molecule has 0 aliphatic heterocycles. The number of para-hydroxylation sites is 1. The summed E-state index contributed by atoms with van der Waals surface area (Å²) in [5.74, 6) is -0.0968. The first-order valence-electron chi connectivity index (χ1n) is 10.9. The molecule has 1 amide bonds. The summed E-state index contributed by atoms with van der Waals surface area (Å²) in [4.78, 5) is 25.7. The number of hydrogen-bond donors (Lipinski definition) is 2. The van der Waals surface area contributed by atoms with E-state index in [1.54, 1.807) is 37.4 Å². The summed E-state index contributed by atoms with van der Waals surface area (Å²) < 4.78 is 12.9. The van der Waals surface area contributed by atoms with E-state index in [0.29, 0.717) is 33.1 Å². The Morgan fingerprint density at radius 3 is 2.81 bits per heavy atom. The SMILES string of the molecule is Cc1ccc(NC(=O)C(COC(C)CO)Oc2ncnc3c2cnn3-c2c(Cl)cccc2C#N)nc1. The van der Waals surface area contributed by atoms with Crippen molar-refractivity contribution in [2.75, 3.05) is 18.5 Å². The number of amides is 1. The van der Waals surface area contributed by atoms with Crippen LogP contribution in [0.15, 0.2) is 49.1 Å². The lowest BCUT2D eigenvalue weighted by atomic mass is 10.2. The van der Waals surface area contributed by atoms with E-state index in [4.69, 9.17) is 21.1 Å². The predicted octanol–water partition coefficient (Wildman–Crippen LogP) is 2.83. The molecule has 0 spiro atoms. The van der Waals surface area contributed by atoms with E-state index in [1.165, 1.54) is 17.2 Å². The summed E-state index contributed by atoms with van der Waals surface area (Å²) in [6, 6.07) is 10.5. The standard InChI is InChI=1S/C24H22ClN7O4/c1-14-6-7-20(27-9-14)31-23(34)19(12-35-15(2)11-33)36-24-17-10-30-32(22(17)28-13-29-24)21-16(8-26)4-3-5-18(21)25/h3-7,9-10,13,15,19,33H,11-12H2,1-2H3,(H,27,31,34). The maximum Gasteiger partial charge on any atom is 0.269 e. The molecule has 4 aromatic rings. The Kier molecular flexibility index (Phi) is 7.70. The number of fused-ring (bicyclic) bond motifs is 1. The number of aryl methyl sites for hydroxylation is 1. The first-order chi connectivity index (χ1) is 17.4. The highest BCUT2D eigenvalue weighted by atomic mass is 35.5. The summed E-state index contributed by atoms with van der Waals surface area (Å²) in [6.07, 6.45) is 2.69. The molecule has 3 heterocycles. The molecular weight excluding hydrogens is 486 g/mol. The van der Waals surface area contributed by atoms with Crippen molar-refractivity contribution in [2.45, 2.75) is 26.1 Å². The van der Waals surface area contributed by atoms with Gasteiger partial charge >= 0.3 is 0 Å². The molecule has 0 fully saturated rings. The number of benzene rings is 1. The molecule has 2 unspecified atom stereocenters. The lowest BCUT2D eigenvalue weighted by Crippen LogP contribution is -2.38. The van der Waals surface area contributed by atoms with Crippen LogP contribution < -0.4 is 10.1 Å². The van der Waals surface area contributed by atoms with Gasteiger partial charge in [0.1, 0.15) is 29.3 Å². The van der Waals surface area contributed by atoms with Gasteiger partial charge in [0.05, 0.1) is 36.1 Å². The number of aromatic nitrogens is 5. The van der Waals surface area contributed by atoms with Gasteiger partial charge in [-0.25, -0.2) is 19.6 Å². The molecule has 2 atom stereocenters. The number of nitrogens with one attached hydrogen (secondary N) is 1. The summed E-state index contributed by atoms with van der Waals surface area (Å²) in [7, 11) is 0. The van der Waals surface area contributed by atoms with Crippen molar-refractivity contribution in [3.63, 3.8) is 0 Å². The highest BCUT2D eigenvalue weighted by Crippen LogP contribution is 2.29. The molecule has 0 saturated carbocycles. The summed E-state index contributed by atoms with van der Waals surface area (Å²) in [5.41, 5.74) is 1.94. The number of rotatable bonds is 9. The van der Waals surface area contributed by atoms with E-state index in [-0.39, 0.29) is 19.1 Å². The van der Waals surface area contributed by atoms with Crippen LogP contribution in [0, 0.1) is 18.3 Å². The average Bonchev–Trinajstić information content (AvgIpc) is 3.31. The van der Waals surface area contributed by atoms with Crippen LogP contribution >= 0.6 is 11.6 Å². The lowest BCUT2D eigenvalue weighted by Gasteiger charge is -2.20. The van der Waals surface area contributed by atoms with Crippen molar-refractivity contribution in [2.24, 2.45) is 0 Å². The first-order valence-corrected chi connectivity index (χ1v) is 11.3. The van der Waals surface area contributed by atoms with Gasteiger partial charge in [0.15, 0.2) is 5.65 Å². The van der Waals surface area contributed by atoms with Crippen molar-refractivity contribution in [1.29, 1.82) is 5.26 Å². The van der Waals surface area contributed by atoms with Crippen LogP contribution in [-0.2, 0) is 9.53 Å². The summed E-state index contributed by atoms with van der Waals surface area (Å²) in [6.45, 7) is 3.16. The number of aliphatic hydroxyl groups excluding tert-OH is 1. The van der Waals surface area contributed by atoms with E-state index in [1.807, 2.05) is 13.0 Å². The lowest BCUT2D eigenvalue weighted by molar-refractivity contribution is -0.127. The number of halogens is 1. The van der Waals surface area contributed by atoms with Crippen LogP contribution in [0.25, 0.3) is 16.7 Å². The van der Waals surface area contributed by atoms with Gasteiger partial charge in [0, 0.05) is 6.20 Å². The van der Waals surface area contributed by atoms with Crippen LogP contribution in [0.1, 0.15) is 18.1 Å². The smallest absolute Gasteiger partial charge is 0.269 e. The first kappa shape index (κ1) is 25.0. The van der Waals surface area contributed by atoms with Crippen molar-refractivity contribution in [3.05, 3.63) is 65.2 Å². The largest absolute Gasteiger partial charge is 0.461 e. The molecule has 12 heteroatoms. The van der Waals surface area contributed by atoms with E-state index in [9.17, 15) is 15.2 Å². The predicted molar refractivity (Wildman–Crippen MR) is 131 cm³/mol. The molecule has 36 heavy (non-hydrogen) atoms. The summed E-state index contributed by atoms with van der Waals surface area (Å²) in [5, 5.41) is 26.6. The number of ether oxygens (including phenoxy) is 2. The number of nitriles is 1. The Morgan fingerprint density at radius 2 is 2.08 bits per heavy atom. The number of carbonyl (C=O) groups is 1. The fourth-order valence-electron chi connectivity index (χ4n) is 3.25. The van der Waals surface area contributed by atoms with Crippen LogP contribution in [0.3, 0.4) is 0 Å². The monoisotopic (exact) mass is 507 g/mol.